The zero-order valence-corrected chi connectivity index (χ0v) is 6.76. The van der Waals surface area contributed by atoms with E-state index in [9.17, 15) is 4.79 Å². The Labute approximate surface area is 66.0 Å². The fourth-order valence-corrected chi connectivity index (χ4v) is 1.07. The lowest BCUT2D eigenvalue weighted by Gasteiger charge is -2.06. The van der Waals surface area contributed by atoms with Crippen molar-refractivity contribution in [3.8, 4) is 6.07 Å². The third-order valence-electron chi connectivity index (χ3n) is 2.13. The molecule has 1 fully saturated rings. The van der Waals surface area contributed by atoms with E-state index in [-0.39, 0.29) is 11.9 Å². The highest BCUT2D eigenvalue weighted by Crippen LogP contribution is 2.52. The van der Waals surface area contributed by atoms with Crippen LogP contribution in [0.5, 0.6) is 0 Å². The maximum Gasteiger partial charge on any atom is 0.313 e. The maximum absolute atomic E-state index is 11.1. The molecule has 2 unspecified atom stereocenters. The molecule has 0 spiro atoms. The Morgan fingerprint density at radius 2 is 2.55 bits per heavy atom. The zero-order valence-electron chi connectivity index (χ0n) is 6.76. The fourth-order valence-electron chi connectivity index (χ4n) is 1.07. The molecule has 1 rings (SSSR count). The largest absolute Gasteiger partial charge is 0.466 e. The smallest absolute Gasteiger partial charge is 0.313 e. The Morgan fingerprint density at radius 1 is 1.91 bits per heavy atom. The van der Waals surface area contributed by atoms with Crippen LogP contribution in [0.1, 0.15) is 20.3 Å². The number of nitriles is 1. The summed E-state index contributed by atoms with van der Waals surface area (Å²) in [6.07, 6.45) is 0.655. The molecule has 0 amide bonds. The SMILES string of the molecule is CCOC(=O)C1(C)CC1C#N. The standard InChI is InChI=1S/C8H11NO2/c1-3-11-7(10)8(2)4-6(8)5-9/h6H,3-4H2,1-2H3. The zero-order chi connectivity index (χ0) is 8.48. The number of esters is 1. The van der Waals surface area contributed by atoms with Crippen LogP contribution in [0.15, 0.2) is 0 Å². The van der Waals surface area contributed by atoms with E-state index in [0.717, 1.165) is 0 Å². The molecule has 0 saturated heterocycles. The molecule has 2 atom stereocenters. The normalized spacial score (nSPS) is 34.1. The highest BCUT2D eigenvalue weighted by molar-refractivity contribution is 5.80. The molecule has 11 heavy (non-hydrogen) atoms. The van der Waals surface area contributed by atoms with E-state index < -0.39 is 5.41 Å². The number of ether oxygens (including phenoxy) is 1. The molecular formula is C8H11NO2. The van der Waals surface area contributed by atoms with E-state index in [4.69, 9.17) is 10.00 Å². The van der Waals surface area contributed by atoms with Crippen molar-refractivity contribution in [1.29, 1.82) is 5.26 Å². The first-order valence-electron chi connectivity index (χ1n) is 3.72. The molecule has 0 radical (unpaired) electrons. The molecule has 60 valence electrons. The van der Waals surface area contributed by atoms with E-state index in [1.807, 2.05) is 0 Å². The summed E-state index contributed by atoms with van der Waals surface area (Å²) in [5, 5.41) is 8.50. The average molecular weight is 153 g/mol. The summed E-state index contributed by atoms with van der Waals surface area (Å²) >= 11 is 0. The molecule has 1 saturated carbocycles. The molecule has 0 aromatic rings. The van der Waals surface area contributed by atoms with Gasteiger partial charge in [0.2, 0.25) is 0 Å². The summed E-state index contributed by atoms with van der Waals surface area (Å²) in [5.41, 5.74) is -0.495. The molecule has 3 heteroatoms. The predicted octanol–water partition coefficient (Wildman–Crippen LogP) is 1.10. The van der Waals surface area contributed by atoms with Gasteiger partial charge in [0, 0.05) is 0 Å². The van der Waals surface area contributed by atoms with Crippen LogP contribution < -0.4 is 0 Å². The van der Waals surface area contributed by atoms with Crippen LogP contribution in [0.3, 0.4) is 0 Å². The van der Waals surface area contributed by atoms with Crippen LogP contribution in [0.2, 0.25) is 0 Å². The molecule has 0 heterocycles. The summed E-state index contributed by atoms with van der Waals surface area (Å²) in [5.74, 6) is -0.354. The first-order chi connectivity index (χ1) is 5.15. The lowest BCUT2D eigenvalue weighted by Crippen LogP contribution is -2.17. The van der Waals surface area contributed by atoms with Gasteiger partial charge in [0.05, 0.1) is 24.0 Å². The monoisotopic (exact) mass is 153 g/mol. The van der Waals surface area contributed by atoms with E-state index in [2.05, 4.69) is 6.07 Å². The number of rotatable bonds is 2. The number of carbonyl (C=O) groups is 1. The molecule has 0 aromatic heterocycles. The third-order valence-corrected chi connectivity index (χ3v) is 2.13. The van der Waals surface area contributed by atoms with Gasteiger partial charge in [-0.25, -0.2) is 0 Å². The minimum Gasteiger partial charge on any atom is -0.466 e. The van der Waals surface area contributed by atoms with E-state index >= 15 is 0 Å². The second-order valence-electron chi connectivity index (χ2n) is 3.02. The van der Waals surface area contributed by atoms with Gasteiger partial charge in [-0.1, -0.05) is 0 Å². The quantitative estimate of drug-likeness (QED) is 0.558. The first-order valence-corrected chi connectivity index (χ1v) is 3.72. The van der Waals surface area contributed by atoms with Gasteiger partial charge < -0.3 is 4.74 Å². The maximum atomic E-state index is 11.1. The second-order valence-corrected chi connectivity index (χ2v) is 3.02. The molecule has 0 aromatic carbocycles. The number of hydrogen-bond donors (Lipinski definition) is 0. The van der Waals surface area contributed by atoms with Gasteiger partial charge in [0.15, 0.2) is 0 Å². The Balaban J connectivity index is 2.51. The predicted molar refractivity (Wildman–Crippen MR) is 38.5 cm³/mol. The number of carbonyl (C=O) groups excluding carboxylic acids is 1. The van der Waals surface area contributed by atoms with Crippen LogP contribution in [-0.2, 0) is 9.53 Å². The summed E-state index contributed by atoms with van der Waals surface area (Å²) in [4.78, 5) is 11.1. The van der Waals surface area contributed by atoms with Gasteiger partial charge in [-0.05, 0) is 20.3 Å². The lowest BCUT2D eigenvalue weighted by atomic mass is 10.1. The van der Waals surface area contributed by atoms with Crippen molar-refractivity contribution >= 4 is 5.97 Å². The highest BCUT2D eigenvalue weighted by atomic mass is 16.5. The van der Waals surface area contributed by atoms with E-state index in [0.29, 0.717) is 13.0 Å². The van der Waals surface area contributed by atoms with Gasteiger partial charge >= 0.3 is 5.97 Å². The van der Waals surface area contributed by atoms with Crippen LogP contribution in [0.25, 0.3) is 0 Å². The highest BCUT2D eigenvalue weighted by Gasteiger charge is 2.57. The van der Waals surface area contributed by atoms with Crippen molar-refractivity contribution < 1.29 is 9.53 Å². The summed E-state index contributed by atoms with van der Waals surface area (Å²) in [7, 11) is 0. The van der Waals surface area contributed by atoms with Crippen LogP contribution in [0.4, 0.5) is 0 Å². The van der Waals surface area contributed by atoms with Crippen molar-refractivity contribution in [2.45, 2.75) is 20.3 Å². The molecular weight excluding hydrogens is 142 g/mol. The molecule has 0 aliphatic heterocycles. The van der Waals surface area contributed by atoms with Gasteiger partial charge in [-0.15, -0.1) is 0 Å². The van der Waals surface area contributed by atoms with Gasteiger partial charge in [-0.3, -0.25) is 4.79 Å². The molecule has 0 bridgehead atoms. The van der Waals surface area contributed by atoms with Gasteiger partial charge in [-0.2, -0.15) is 5.26 Å². The van der Waals surface area contributed by atoms with Crippen LogP contribution in [0, 0.1) is 22.7 Å². The van der Waals surface area contributed by atoms with E-state index in [1.165, 1.54) is 0 Å². The fraction of sp³-hybridized carbons (Fsp3) is 0.750. The first kappa shape index (κ1) is 8.06. The minimum atomic E-state index is -0.495. The Kier molecular flexibility index (Phi) is 1.86. The lowest BCUT2D eigenvalue weighted by molar-refractivity contribution is -0.149. The van der Waals surface area contributed by atoms with Crippen LogP contribution in [-0.4, -0.2) is 12.6 Å². The Bertz CT molecular complexity index is 219. The van der Waals surface area contributed by atoms with Crippen molar-refractivity contribution in [2.24, 2.45) is 11.3 Å². The summed E-state index contributed by atoms with van der Waals surface area (Å²) in [6, 6.07) is 2.07. The van der Waals surface area contributed by atoms with Crippen molar-refractivity contribution in [2.75, 3.05) is 6.61 Å². The van der Waals surface area contributed by atoms with Crippen molar-refractivity contribution in [1.82, 2.24) is 0 Å². The molecule has 1 aliphatic rings. The van der Waals surface area contributed by atoms with Gasteiger partial charge in [0.25, 0.3) is 0 Å². The number of hydrogen-bond acceptors (Lipinski definition) is 3. The summed E-state index contributed by atoms with van der Waals surface area (Å²) < 4.78 is 4.81. The summed E-state index contributed by atoms with van der Waals surface area (Å²) in [6.45, 7) is 3.94. The Hall–Kier alpha value is -1.04. The van der Waals surface area contributed by atoms with E-state index in [1.54, 1.807) is 13.8 Å². The molecule has 0 N–H and O–H groups in total. The molecule has 1 aliphatic carbocycles. The Morgan fingerprint density at radius 3 is 2.91 bits per heavy atom. The second kappa shape index (κ2) is 2.54. The number of nitrogens with zero attached hydrogens (tertiary/aromatic N) is 1. The van der Waals surface area contributed by atoms with Crippen LogP contribution >= 0.6 is 0 Å². The third kappa shape index (κ3) is 1.21. The van der Waals surface area contributed by atoms with Crippen molar-refractivity contribution in [3.05, 3.63) is 0 Å². The van der Waals surface area contributed by atoms with Crippen molar-refractivity contribution in [3.63, 3.8) is 0 Å². The topological polar surface area (TPSA) is 50.1 Å². The average Bonchev–Trinajstić information content (AvgIpc) is 2.64. The molecule has 3 nitrogen and oxygen atoms in total. The minimum absolute atomic E-state index is 0.124. The van der Waals surface area contributed by atoms with Gasteiger partial charge in [0.1, 0.15) is 0 Å².